The van der Waals surface area contributed by atoms with Crippen molar-refractivity contribution in [2.45, 2.75) is 46.2 Å². The largest absolute Gasteiger partial charge is 0.497 e. The smallest absolute Gasteiger partial charge is 0.177 e. The summed E-state index contributed by atoms with van der Waals surface area (Å²) in [7, 11) is -1.23. The van der Waals surface area contributed by atoms with E-state index in [0.717, 1.165) is 38.4 Å². The summed E-state index contributed by atoms with van der Waals surface area (Å²) in [6.07, 6.45) is 3.36. The van der Waals surface area contributed by atoms with Gasteiger partial charge in [0.25, 0.3) is 0 Å². The van der Waals surface area contributed by atoms with E-state index in [9.17, 15) is 0 Å². The fourth-order valence-electron chi connectivity index (χ4n) is 5.73. The Morgan fingerprint density at radius 1 is 0.723 bits per heavy atom. The molecular formula is C41H36IrN2O2Si-2. The first kappa shape index (κ1) is 27.7. The summed E-state index contributed by atoms with van der Waals surface area (Å²) >= 11 is 0. The van der Waals surface area contributed by atoms with E-state index in [-0.39, 0.29) is 25.7 Å². The van der Waals surface area contributed by atoms with Crippen LogP contribution in [0.15, 0.2) is 112 Å². The van der Waals surface area contributed by atoms with Crippen molar-refractivity contribution in [2.75, 3.05) is 0 Å². The van der Waals surface area contributed by atoms with Gasteiger partial charge in [-0.05, 0) is 52.6 Å². The van der Waals surface area contributed by atoms with Crippen LogP contribution in [-0.2, 0) is 20.1 Å². The summed E-state index contributed by atoms with van der Waals surface area (Å²) in [5.74, 6) is -1.12. The number of nitrogens with zero attached hydrogens (tertiary/aromatic N) is 2. The maximum atomic E-state index is 8.52. The molecule has 0 bridgehead atoms. The second kappa shape index (κ2) is 13.0. The minimum Gasteiger partial charge on any atom is -0.497 e. The van der Waals surface area contributed by atoms with Crippen LogP contribution in [0.4, 0.5) is 0 Å². The number of pyridine rings is 2. The van der Waals surface area contributed by atoms with Gasteiger partial charge in [-0.1, -0.05) is 86.9 Å². The molecule has 0 aliphatic heterocycles. The Labute approximate surface area is 295 Å². The number of aromatic nitrogens is 2. The molecular weight excluding hydrogens is 773 g/mol. The van der Waals surface area contributed by atoms with E-state index in [4.69, 9.17) is 14.3 Å². The van der Waals surface area contributed by atoms with Crippen LogP contribution in [0.3, 0.4) is 0 Å². The van der Waals surface area contributed by atoms with Crippen molar-refractivity contribution >= 4 is 57.1 Å². The van der Waals surface area contributed by atoms with Gasteiger partial charge in [-0.2, -0.15) is 0 Å². The first-order valence-corrected chi connectivity index (χ1v) is 18.8. The molecule has 237 valence electrons. The zero-order valence-electron chi connectivity index (χ0n) is 30.9. The average Bonchev–Trinajstić information content (AvgIpc) is 3.66. The van der Waals surface area contributed by atoms with Gasteiger partial charge in [-0.3, -0.25) is 0 Å². The van der Waals surface area contributed by atoms with Gasteiger partial charge in [0, 0.05) is 54.1 Å². The van der Waals surface area contributed by atoms with E-state index < -0.39 is 20.8 Å². The summed E-state index contributed by atoms with van der Waals surface area (Å²) < 4.78 is 44.7. The van der Waals surface area contributed by atoms with Crippen LogP contribution < -0.4 is 5.19 Å². The van der Waals surface area contributed by atoms with Gasteiger partial charge in [-0.15, -0.1) is 54.1 Å². The number of aryl methyl sites for hydroxylation is 1. The minimum absolute atomic E-state index is 0. The third-order valence-electron chi connectivity index (χ3n) is 8.26. The molecule has 0 atom stereocenters. The van der Waals surface area contributed by atoms with Crippen LogP contribution in [0.5, 0.6) is 0 Å². The molecule has 47 heavy (non-hydrogen) atoms. The van der Waals surface area contributed by atoms with Crippen LogP contribution in [0.25, 0.3) is 66.4 Å². The number of para-hydroxylation sites is 1. The molecule has 4 heterocycles. The molecule has 0 fully saturated rings. The first-order chi connectivity index (χ1) is 23.7. The Kier molecular flexibility index (Phi) is 7.69. The molecule has 0 amide bonds. The van der Waals surface area contributed by atoms with Crippen molar-refractivity contribution < 1.29 is 34.4 Å². The van der Waals surface area contributed by atoms with E-state index in [1.807, 2.05) is 72.9 Å². The molecule has 0 saturated carbocycles. The summed E-state index contributed by atoms with van der Waals surface area (Å²) in [4.78, 5) is 8.97. The Bertz CT molecular complexity index is 2500. The van der Waals surface area contributed by atoms with Gasteiger partial charge < -0.3 is 18.8 Å². The number of fused-ring (bicyclic) bond motifs is 7. The summed E-state index contributed by atoms with van der Waals surface area (Å²) in [5, 5.41) is 5.20. The Morgan fingerprint density at radius 3 is 2.15 bits per heavy atom. The van der Waals surface area contributed by atoms with Gasteiger partial charge in [0.05, 0.1) is 13.7 Å². The molecule has 6 heteroatoms. The fraction of sp³-hybridized carbons (Fsp3) is 0.171. The number of hydrogen-bond donors (Lipinski definition) is 0. The summed E-state index contributed by atoms with van der Waals surface area (Å²) in [5.41, 5.74) is 6.37. The molecule has 0 aliphatic rings. The predicted molar refractivity (Wildman–Crippen MR) is 193 cm³/mol. The standard InChI is InChI=1S/C27H20NO2.C14H16NSi.Ir/c1-15(2)22-13-23(28-14-16(22)3)21-9-6-8-18-20-12-11-19-17-7-4-5-10-24(17)29-26(19)27(20)30-25(18)21;1-16(2,3)13-9-10-14(15-11-13)12-7-5-4-6-8-12;/h4-8,10-15H,1-3H3;4-7,9-11H,1-3H3;/q2*-1;/i3D3,15D;;. The van der Waals surface area contributed by atoms with Crippen LogP contribution in [0.2, 0.25) is 19.6 Å². The Morgan fingerprint density at radius 2 is 1.45 bits per heavy atom. The van der Waals surface area contributed by atoms with Crippen molar-refractivity contribution in [1.29, 1.82) is 0 Å². The van der Waals surface area contributed by atoms with Crippen LogP contribution in [0, 0.1) is 19.0 Å². The van der Waals surface area contributed by atoms with Gasteiger partial charge in [0.1, 0.15) is 5.58 Å². The molecule has 8 aromatic rings. The molecule has 8 rings (SSSR count). The van der Waals surface area contributed by atoms with E-state index in [0.29, 0.717) is 33.6 Å². The molecule has 4 nitrogen and oxygen atoms in total. The third-order valence-corrected chi connectivity index (χ3v) is 10.3. The molecule has 0 unspecified atom stereocenters. The Balaban J connectivity index is 0.000000222. The van der Waals surface area contributed by atoms with Crippen molar-refractivity contribution in [1.82, 2.24) is 9.97 Å². The van der Waals surface area contributed by atoms with Crippen molar-refractivity contribution in [3.63, 3.8) is 0 Å². The van der Waals surface area contributed by atoms with Gasteiger partial charge in [-0.25, -0.2) is 0 Å². The molecule has 0 aliphatic carbocycles. The maximum Gasteiger partial charge on any atom is 0.177 e. The SMILES string of the molecule is C[Si](C)(C)c1ccc(-c2[c-]cccc2)nc1.[2H]C([2H])([2H])c1cnc(-c2[c-]ccc3c2oc2c3ccc3c4ccccc4oc32)cc1C([2H])(C)C.[Ir]. The molecule has 1 radical (unpaired) electrons. The van der Waals surface area contributed by atoms with Crippen molar-refractivity contribution in [2.24, 2.45) is 0 Å². The van der Waals surface area contributed by atoms with E-state index in [2.05, 4.69) is 53.9 Å². The van der Waals surface area contributed by atoms with E-state index in [1.54, 1.807) is 26.0 Å². The second-order valence-electron chi connectivity index (χ2n) is 12.7. The van der Waals surface area contributed by atoms with Gasteiger partial charge >= 0.3 is 0 Å². The quantitative estimate of drug-likeness (QED) is 0.131. The zero-order valence-corrected chi connectivity index (χ0v) is 30.3. The van der Waals surface area contributed by atoms with Crippen LogP contribution in [-0.4, -0.2) is 18.0 Å². The van der Waals surface area contributed by atoms with Crippen LogP contribution in [0.1, 0.15) is 36.4 Å². The topological polar surface area (TPSA) is 52.1 Å². The zero-order chi connectivity index (χ0) is 35.4. The minimum atomic E-state index is -2.36. The molecule has 4 aromatic heterocycles. The van der Waals surface area contributed by atoms with Gasteiger partial charge in [0.2, 0.25) is 0 Å². The fourth-order valence-corrected chi connectivity index (χ4v) is 6.76. The number of hydrogen-bond acceptors (Lipinski definition) is 4. The normalized spacial score (nSPS) is 13.4. The summed E-state index contributed by atoms with van der Waals surface area (Å²) in [6.45, 7) is 7.98. The van der Waals surface area contributed by atoms with Crippen molar-refractivity contribution in [3.05, 3.63) is 127 Å². The maximum absolute atomic E-state index is 8.52. The average molecular weight is 813 g/mol. The van der Waals surface area contributed by atoms with Gasteiger partial charge in [0.15, 0.2) is 11.2 Å². The summed E-state index contributed by atoms with van der Waals surface area (Å²) in [6, 6.07) is 36.0. The first-order valence-electron chi connectivity index (χ1n) is 17.3. The van der Waals surface area contributed by atoms with E-state index in [1.165, 1.54) is 11.4 Å². The van der Waals surface area contributed by atoms with Crippen molar-refractivity contribution in [3.8, 4) is 22.5 Å². The second-order valence-corrected chi connectivity index (χ2v) is 17.8. The molecule has 4 aromatic carbocycles. The number of rotatable bonds is 4. The number of benzene rings is 4. The number of furan rings is 2. The predicted octanol–water partition coefficient (Wildman–Crippen LogP) is 10.9. The molecule has 0 saturated heterocycles. The Hall–Kier alpha value is -4.35. The molecule has 0 N–H and O–H groups in total. The van der Waals surface area contributed by atoms with Crippen LogP contribution >= 0.6 is 0 Å². The third kappa shape index (κ3) is 6.21. The monoisotopic (exact) mass is 813 g/mol. The van der Waals surface area contributed by atoms with E-state index >= 15 is 0 Å². The molecule has 0 spiro atoms.